The molecular weight excluding hydrogens is 500 g/mol. The lowest BCUT2D eigenvalue weighted by Gasteiger charge is -2.39. The van der Waals surface area contributed by atoms with Crippen molar-refractivity contribution in [1.29, 1.82) is 0 Å². The Kier molecular flexibility index (Phi) is 14.2. The Balaban J connectivity index is 7.08. The Labute approximate surface area is 213 Å². The number of hydrogen-bond acceptors (Lipinski definition) is 14. The second kappa shape index (κ2) is 15.9. The Hall–Kier alpha value is -3.97. The van der Waals surface area contributed by atoms with Crippen molar-refractivity contribution < 1.29 is 66.7 Å². The summed E-state index contributed by atoms with van der Waals surface area (Å²) in [6.45, 7) is 9.86. The van der Waals surface area contributed by atoms with Gasteiger partial charge in [-0.1, -0.05) is 6.58 Å². The minimum atomic E-state index is -1.85. The van der Waals surface area contributed by atoms with Crippen LogP contribution in [0.15, 0.2) is 12.7 Å². The van der Waals surface area contributed by atoms with E-state index in [-0.39, 0.29) is 0 Å². The molecule has 0 radical (unpaired) electrons. The van der Waals surface area contributed by atoms with Crippen LogP contribution in [0.4, 0.5) is 0 Å². The van der Waals surface area contributed by atoms with Gasteiger partial charge in [0, 0.05) is 48.5 Å². The molecule has 0 aromatic carbocycles. The molecule has 0 saturated heterocycles. The van der Waals surface area contributed by atoms with E-state index >= 15 is 0 Å². The van der Waals surface area contributed by atoms with E-state index in [1.165, 1.54) is 0 Å². The zero-order chi connectivity index (χ0) is 28.9. The Morgan fingerprint density at radius 2 is 0.865 bits per heavy atom. The van der Waals surface area contributed by atoms with Crippen LogP contribution in [0.3, 0.4) is 0 Å². The van der Waals surface area contributed by atoms with E-state index in [4.69, 9.17) is 33.2 Å². The molecule has 0 heterocycles. The largest absolute Gasteiger partial charge is 0.462 e. The van der Waals surface area contributed by atoms with Crippen molar-refractivity contribution in [2.75, 3.05) is 6.61 Å². The van der Waals surface area contributed by atoms with Gasteiger partial charge in [-0.25, -0.2) is 0 Å². The number of carbonyl (C=O) groups excluding carboxylic acids is 7. The molecule has 0 unspecified atom stereocenters. The summed E-state index contributed by atoms with van der Waals surface area (Å²) in [6.07, 6.45) is -9.16. The zero-order valence-corrected chi connectivity index (χ0v) is 21.7. The molecule has 0 aliphatic heterocycles. The van der Waals surface area contributed by atoms with Crippen molar-refractivity contribution in [3.63, 3.8) is 0 Å². The lowest BCUT2D eigenvalue weighted by Crippen LogP contribution is -2.59. The van der Waals surface area contributed by atoms with Gasteiger partial charge >= 0.3 is 41.8 Å². The van der Waals surface area contributed by atoms with Crippen molar-refractivity contribution in [3.05, 3.63) is 12.7 Å². The molecule has 0 rings (SSSR count). The SMILES string of the molecule is C=C[C@@H](OC(C)=O)[C@H](OC(C)=O)[C@@H](OC(C)=O)[C@@H](OC(C)=O)[C@H](OC(C)=O)[C@@H](COC(C)=O)OC(C)=O. The highest BCUT2D eigenvalue weighted by atomic mass is 16.7. The van der Waals surface area contributed by atoms with E-state index in [0.717, 1.165) is 54.5 Å². The van der Waals surface area contributed by atoms with Crippen molar-refractivity contribution in [2.45, 2.75) is 85.1 Å². The molecule has 0 aromatic heterocycles. The second-order valence-corrected chi connectivity index (χ2v) is 7.56. The molecular formula is C23H32O14. The first-order valence-electron chi connectivity index (χ1n) is 10.9. The smallest absolute Gasteiger partial charge is 0.303 e. The summed E-state index contributed by atoms with van der Waals surface area (Å²) in [4.78, 5) is 83.0. The molecule has 37 heavy (non-hydrogen) atoms. The lowest BCUT2D eigenvalue weighted by molar-refractivity contribution is -0.219. The van der Waals surface area contributed by atoms with Crippen LogP contribution in [-0.2, 0) is 66.7 Å². The van der Waals surface area contributed by atoms with Crippen LogP contribution in [0, 0.1) is 0 Å². The van der Waals surface area contributed by atoms with E-state index in [0.29, 0.717) is 0 Å². The van der Waals surface area contributed by atoms with Gasteiger partial charge in [-0.2, -0.15) is 0 Å². The first kappa shape index (κ1) is 33.0. The molecule has 14 heteroatoms. The third kappa shape index (κ3) is 13.1. The molecule has 0 N–H and O–H groups in total. The summed E-state index contributed by atoms with van der Waals surface area (Å²) in [5.41, 5.74) is 0. The van der Waals surface area contributed by atoms with E-state index in [2.05, 4.69) is 6.58 Å². The molecule has 0 aliphatic carbocycles. The Bertz CT molecular complexity index is 879. The van der Waals surface area contributed by atoms with Gasteiger partial charge in [-0.3, -0.25) is 33.6 Å². The fourth-order valence-electron chi connectivity index (χ4n) is 3.13. The summed E-state index contributed by atoms with van der Waals surface area (Å²) in [5.74, 6) is -6.39. The fraction of sp³-hybridized carbons (Fsp3) is 0.609. The maximum atomic E-state index is 12.1. The average molecular weight is 532 g/mol. The molecule has 14 nitrogen and oxygen atoms in total. The van der Waals surface area contributed by atoms with E-state index in [9.17, 15) is 33.6 Å². The number of esters is 7. The number of carbonyl (C=O) groups is 7. The van der Waals surface area contributed by atoms with Gasteiger partial charge in [0.05, 0.1) is 0 Å². The molecule has 0 spiro atoms. The van der Waals surface area contributed by atoms with Gasteiger partial charge in [-0.15, -0.1) is 0 Å². The maximum Gasteiger partial charge on any atom is 0.303 e. The molecule has 0 bridgehead atoms. The first-order valence-corrected chi connectivity index (χ1v) is 10.9. The third-order valence-corrected chi connectivity index (χ3v) is 4.17. The summed E-state index contributed by atoms with van der Waals surface area (Å²) in [7, 11) is 0. The quantitative estimate of drug-likeness (QED) is 0.169. The molecule has 208 valence electrons. The van der Waals surface area contributed by atoms with Gasteiger partial charge in [0.1, 0.15) is 6.61 Å². The van der Waals surface area contributed by atoms with E-state index < -0.39 is 85.0 Å². The van der Waals surface area contributed by atoms with Gasteiger partial charge in [-0.05, 0) is 6.08 Å². The van der Waals surface area contributed by atoms with Crippen LogP contribution < -0.4 is 0 Å². The van der Waals surface area contributed by atoms with Crippen molar-refractivity contribution in [2.24, 2.45) is 0 Å². The van der Waals surface area contributed by atoms with Crippen LogP contribution in [0.1, 0.15) is 48.5 Å². The predicted molar refractivity (Wildman–Crippen MR) is 120 cm³/mol. The highest BCUT2D eigenvalue weighted by Crippen LogP contribution is 2.26. The molecule has 0 aromatic rings. The van der Waals surface area contributed by atoms with Crippen molar-refractivity contribution in [3.8, 4) is 0 Å². The molecule has 0 aliphatic rings. The normalized spacial score (nSPS) is 15.2. The number of rotatable bonds is 14. The molecule has 0 saturated carbocycles. The van der Waals surface area contributed by atoms with E-state index in [1.54, 1.807) is 0 Å². The third-order valence-electron chi connectivity index (χ3n) is 4.17. The lowest BCUT2D eigenvalue weighted by atomic mass is 9.95. The predicted octanol–water partition coefficient (Wildman–Crippen LogP) is 0.326. The van der Waals surface area contributed by atoms with Crippen LogP contribution in [0.5, 0.6) is 0 Å². The van der Waals surface area contributed by atoms with Gasteiger partial charge in [0.2, 0.25) is 0 Å². The maximum absolute atomic E-state index is 12.1. The zero-order valence-electron chi connectivity index (χ0n) is 21.7. The Morgan fingerprint density at radius 3 is 1.22 bits per heavy atom. The minimum Gasteiger partial charge on any atom is -0.462 e. The highest BCUT2D eigenvalue weighted by molar-refractivity contribution is 5.70. The topological polar surface area (TPSA) is 184 Å². The van der Waals surface area contributed by atoms with Crippen LogP contribution in [-0.4, -0.2) is 85.0 Å². The van der Waals surface area contributed by atoms with Crippen LogP contribution in [0.2, 0.25) is 0 Å². The van der Waals surface area contributed by atoms with Crippen molar-refractivity contribution >= 4 is 41.8 Å². The Morgan fingerprint density at radius 1 is 0.514 bits per heavy atom. The van der Waals surface area contributed by atoms with E-state index in [1.807, 2.05) is 0 Å². The second-order valence-electron chi connectivity index (χ2n) is 7.56. The van der Waals surface area contributed by atoms with Gasteiger partial charge in [0.25, 0.3) is 0 Å². The van der Waals surface area contributed by atoms with Crippen molar-refractivity contribution in [1.82, 2.24) is 0 Å². The summed E-state index contributed by atoms with van der Waals surface area (Å²) >= 11 is 0. The monoisotopic (exact) mass is 532 g/mol. The van der Waals surface area contributed by atoms with Gasteiger partial charge in [0.15, 0.2) is 36.6 Å². The average Bonchev–Trinajstić information content (AvgIpc) is 2.73. The number of ether oxygens (including phenoxy) is 7. The van der Waals surface area contributed by atoms with Crippen LogP contribution >= 0.6 is 0 Å². The van der Waals surface area contributed by atoms with Gasteiger partial charge < -0.3 is 33.2 Å². The molecule has 0 fully saturated rings. The summed E-state index contributed by atoms with van der Waals surface area (Å²) < 4.78 is 36.3. The summed E-state index contributed by atoms with van der Waals surface area (Å²) in [6, 6.07) is 0. The number of hydrogen-bond donors (Lipinski definition) is 0. The molecule has 0 amide bonds. The fourth-order valence-corrected chi connectivity index (χ4v) is 3.13. The highest BCUT2D eigenvalue weighted by Gasteiger charge is 2.50. The first-order chi connectivity index (χ1) is 17.1. The standard InChI is InChI=1S/C23H32O14/c1-9-18(32-12(3)25)20(34-14(5)27)22(36-16(7)29)23(37-17(8)30)21(35-15(6)28)19(33-13(4)26)10-31-11(2)24/h9,18-23H,1,10H2,2-8H3/t18-,19-,20+,21-,22-,23+/m1/s1. The molecule has 6 atom stereocenters. The van der Waals surface area contributed by atoms with Crippen LogP contribution in [0.25, 0.3) is 0 Å². The minimum absolute atomic E-state index is 0.676. The summed E-state index contributed by atoms with van der Waals surface area (Å²) in [5, 5.41) is 0.